The molecule has 5 rings (SSSR count). The molecule has 1 N–H and O–H groups in total. The molecule has 6 nitrogen and oxygen atoms in total. The van der Waals surface area contributed by atoms with Crippen LogP contribution < -0.4 is 0 Å². The van der Waals surface area contributed by atoms with Crippen molar-refractivity contribution in [3.05, 3.63) is 78.5 Å². The van der Waals surface area contributed by atoms with Crippen LogP contribution in [0.2, 0.25) is 0 Å². The van der Waals surface area contributed by atoms with Crippen molar-refractivity contribution >= 4 is 37.6 Å². The fourth-order valence-corrected chi connectivity index (χ4v) is 5.43. The molecule has 0 bridgehead atoms. The van der Waals surface area contributed by atoms with Gasteiger partial charge in [0.2, 0.25) is 10.0 Å². The molecule has 1 aromatic heterocycles. The van der Waals surface area contributed by atoms with Crippen LogP contribution in [0.25, 0.3) is 21.7 Å². The van der Waals surface area contributed by atoms with Crippen LogP contribution in [0.3, 0.4) is 0 Å². The lowest BCUT2D eigenvalue weighted by Gasteiger charge is -2.33. The number of para-hydroxylation sites is 1. The minimum absolute atomic E-state index is 0.103. The maximum atomic E-state index is 13.1. The summed E-state index contributed by atoms with van der Waals surface area (Å²) >= 11 is 0. The second-order valence-electron chi connectivity index (χ2n) is 7.48. The zero-order valence-electron chi connectivity index (χ0n) is 16.3. The van der Waals surface area contributed by atoms with Crippen LogP contribution in [0.1, 0.15) is 10.5 Å². The van der Waals surface area contributed by atoms with E-state index < -0.39 is 10.0 Å². The molecule has 0 spiro atoms. The van der Waals surface area contributed by atoms with Gasteiger partial charge in [-0.15, -0.1) is 0 Å². The smallest absolute Gasteiger partial charge is 0.270 e. The number of nitrogens with one attached hydrogen (secondary N) is 1. The predicted molar refractivity (Wildman–Crippen MR) is 117 cm³/mol. The number of fused-ring (bicyclic) bond motifs is 2. The van der Waals surface area contributed by atoms with E-state index in [0.717, 1.165) is 21.7 Å². The monoisotopic (exact) mass is 419 g/mol. The summed E-state index contributed by atoms with van der Waals surface area (Å²) in [7, 11) is -3.60. The largest absolute Gasteiger partial charge is 0.351 e. The minimum atomic E-state index is -3.60. The van der Waals surface area contributed by atoms with E-state index in [2.05, 4.69) is 4.98 Å². The lowest BCUT2D eigenvalue weighted by atomic mass is 10.1. The number of hydrogen-bond donors (Lipinski definition) is 1. The van der Waals surface area contributed by atoms with Crippen LogP contribution in [-0.4, -0.2) is 54.7 Å². The van der Waals surface area contributed by atoms with E-state index in [1.165, 1.54) is 4.31 Å². The van der Waals surface area contributed by atoms with Gasteiger partial charge in [-0.1, -0.05) is 48.5 Å². The quantitative estimate of drug-likeness (QED) is 0.553. The van der Waals surface area contributed by atoms with E-state index in [9.17, 15) is 13.2 Å². The van der Waals surface area contributed by atoms with E-state index in [0.29, 0.717) is 18.8 Å². The van der Waals surface area contributed by atoms with Crippen molar-refractivity contribution in [2.24, 2.45) is 0 Å². The van der Waals surface area contributed by atoms with Crippen LogP contribution in [0.4, 0.5) is 0 Å². The van der Waals surface area contributed by atoms with Gasteiger partial charge in [0, 0.05) is 37.1 Å². The number of carbonyl (C=O) groups excluding carboxylic acids is 1. The lowest BCUT2D eigenvalue weighted by molar-refractivity contribution is 0.0693. The Bertz CT molecular complexity index is 1320. The van der Waals surface area contributed by atoms with Crippen LogP contribution >= 0.6 is 0 Å². The van der Waals surface area contributed by atoms with Crippen LogP contribution in [-0.2, 0) is 10.0 Å². The highest BCUT2D eigenvalue weighted by Crippen LogP contribution is 2.23. The molecule has 1 saturated heterocycles. The van der Waals surface area contributed by atoms with Gasteiger partial charge in [0.25, 0.3) is 5.91 Å². The van der Waals surface area contributed by atoms with Crippen molar-refractivity contribution in [1.82, 2.24) is 14.2 Å². The number of sulfonamides is 1. The first-order valence-electron chi connectivity index (χ1n) is 9.88. The minimum Gasteiger partial charge on any atom is -0.351 e. The van der Waals surface area contributed by atoms with Gasteiger partial charge in [0.1, 0.15) is 5.69 Å². The summed E-state index contributed by atoms with van der Waals surface area (Å²) in [6, 6.07) is 22.5. The highest BCUT2D eigenvalue weighted by Gasteiger charge is 2.31. The Morgan fingerprint density at radius 3 is 2.17 bits per heavy atom. The molecule has 2 heterocycles. The molecule has 0 unspecified atom stereocenters. The average molecular weight is 420 g/mol. The molecule has 1 aliphatic heterocycles. The number of benzene rings is 3. The van der Waals surface area contributed by atoms with Gasteiger partial charge < -0.3 is 9.88 Å². The summed E-state index contributed by atoms with van der Waals surface area (Å²) in [5.74, 6) is -0.103. The molecule has 152 valence electrons. The first-order valence-corrected chi connectivity index (χ1v) is 11.3. The fraction of sp³-hybridized carbons (Fsp3) is 0.174. The number of aromatic amines is 1. The number of nitrogens with zero attached hydrogens (tertiary/aromatic N) is 2. The van der Waals surface area contributed by atoms with Crippen molar-refractivity contribution in [2.75, 3.05) is 26.2 Å². The maximum absolute atomic E-state index is 13.1. The van der Waals surface area contributed by atoms with Gasteiger partial charge in [-0.25, -0.2) is 8.42 Å². The number of rotatable bonds is 3. The average Bonchev–Trinajstić information content (AvgIpc) is 3.22. The summed E-state index contributed by atoms with van der Waals surface area (Å²) in [5, 5.41) is 2.88. The van der Waals surface area contributed by atoms with Crippen LogP contribution in [0.5, 0.6) is 0 Å². The second-order valence-corrected chi connectivity index (χ2v) is 9.41. The summed E-state index contributed by atoms with van der Waals surface area (Å²) in [6.45, 7) is 1.28. The van der Waals surface area contributed by atoms with E-state index in [-0.39, 0.29) is 23.9 Å². The Morgan fingerprint density at radius 2 is 1.43 bits per heavy atom. The number of piperazine rings is 1. The van der Waals surface area contributed by atoms with Crippen molar-refractivity contribution in [2.45, 2.75) is 4.90 Å². The van der Waals surface area contributed by atoms with Crippen LogP contribution in [0, 0.1) is 0 Å². The number of carbonyl (C=O) groups is 1. The van der Waals surface area contributed by atoms with Gasteiger partial charge >= 0.3 is 0 Å². The van der Waals surface area contributed by atoms with E-state index >= 15 is 0 Å². The fourth-order valence-electron chi connectivity index (χ4n) is 3.97. The Morgan fingerprint density at radius 1 is 0.767 bits per heavy atom. The summed E-state index contributed by atoms with van der Waals surface area (Å²) in [4.78, 5) is 18.0. The maximum Gasteiger partial charge on any atom is 0.270 e. The molecular formula is C23H21N3O3S. The third kappa shape index (κ3) is 3.26. The molecule has 30 heavy (non-hydrogen) atoms. The molecule has 0 aliphatic carbocycles. The SMILES string of the molecule is O=C(c1cc2ccccc2[nH]1)N1CCN(S(=O)(=O)c2ccc3ccccc3c2)CC1. The molecule has 0 saturated carbocycles. The topological polar surface area (TPSA) is 73.5 Å². The Balaban J connectivity index is 1.32. The predicted octanol–water partition coefficient (Wildman–Crippen LogP) is 3.47. The van der Waals surface area contributed by atoms with E-state index in [1.54, 1.807) is 17.0 Å². The van der Waals surface area contributed by atoms with Crippen molar-refractivity contribution in [1.29, 1.82) is 0 Å². The molecule has 7 heteroatoms. The van der Waals surface area contributed by atoms with Crippen molar-refractivity contribution in [3.63, 3.8) is 0 Å². The van der Waals surface area contributed by atoms with Crippen LogP contribution in [0.15, 0.2) is 77.7 Å². The van der Waals surface area contributed by atoms with Gasteiger partial charge in [-0.2, -0.15) is 4.31 Å². The molecule has 1 amide bonds. The number of H-pyrrole nitrogens is 1. The first-order chi connectivity index (χ1) is 14.5. The molecular weight excluding hydrogens is 398 g/mol. The van der Waals surface area contributed by atoms with Gasteiger partial charge in [0.05, 0.1) is 4.90 Å². The highest BCUT2D eigenvalue weighted by atomic mass is 32.2. The second kappa shape index (κ2) is 7.27. The zero-order chi connectivity index (χ0) is 20.7. The zero-order valence-corrected chi connectivity index (χ0v) is 17.1. The summed E-state index contributed by atoms with van der Waals surface area (Å²) < 4.78 is 27.7. The highest BCUT2D eigenvalue weighted by molar-refractivity contribution is 7.89. The molecule has 3 aromatic carbocycles. The van der Waals surface area contributed by atoms with Gasteiger partial charge in [0.15, 0.2) is 0 Å². The molecule has 1 fully saturated rings. The Hall–Kier alpha value is -3.16. The Labute approximate surface area is 174 Å². The molecule has 0 radical (unpaired) electrons. The van der Waals surface area contributed by atoms with E-state index in [1.807, 2.05) is 60.7 Å². The number of hydrogen-bond acceptors (Lipinski definition) is 3. The molecule has 4 aromatic rings. The molecule has 0 atom stereocenters. The summed E-state index contributed by atoms with van der Waals surface area (Å²) in [5.41, 5.74) is 1.44. The normalized spacial score (nSPS) is 15.7. The third-order valence-electron chi connectivity index (χ3n) is 5.64. The van der Waals surface area contributed by atoms with Gasteiger partial charge in [-0.05, 0) is 35.0 Å². The lowest BCUT2D eigenvalue weighted by Crippen LogP contribution is -2.50. The van der Waals surface area contributed by atoms with Crippen molar-refractivity contribution < 1.29 is 13.2 Å². The van der Waals surface area contributed by atoms with Gasteiger partial charge in [-0.3, -0.25) is 4.79 Å². The van der Waals surface area contributed by atoms with Crippen molar-refractivity contribution in [3.8, 4) is 0 Å². The van der Waals surface area contributed by atoms with E-state index in [4.69, 9.17) is 0 Å². The Kier molecular flexibility index (Phi) is 4.56. The first kappa shape index (κ1) is 18.8. The third-order valence-corrected chi connectivity index (χ3v) is 7.54. The number of aromatic nitrogens is 1. The standard InChI is InChI=1S/C23H21N3O3S/c27-23(22-16-19-7-3-4-8-21(19)24-22)25-11-13-26(14-12-25)30(28,29)20-10-9-17-5-1-2-6-18(17)15-20/h1-10,15-16,24H,11-14H2. The number of amides is 1. The molecule has 1 aliphatic rings. The summed E-state index contributed by atoms with van der Waals surface area (Å²) in [6.07, 6.45) is 0.